The van der Waals surface area contributed by atoms with Gasteiger partial charge in [0.1, 0.15) is 17.0 Å². The lowest BCUT2D eigenvalue weighted by molar-refractivity contribution is -0.140. The number of carbonyl (C=O) groups is 1. The van der Waals surface area contributed by atoms with Gasteiger partial charge in [-0.1, -0.05) is 11.6 Å². The largest absolute Gasteiger partial charge is 0.480 e. The van der Waals surface area contributed by atoms with E-state index in [1.807, 2.05) is 0 Å². The van der Waals surface area contributed by atoms with E-state index in [1.54, 1.807) is 6.07 Å². The Kier molecular flexibility index (Phi) is 4.25. The molecule has 1 aliphatic rings. The summed E-state index contributed by atoms with van der Waals surface area (Å²) in [6.45, 7) is 0. The first-order valence-electron chi connectivity index (χ1n) is 5.40. The lowest BCUT2D eigenvalue weighted by atomic mass is 10.2. The van der Waals surface area contributed by atoms with Crippen molar-refractivity contribution in [2.45, 2.75) is 10.9 Å². The Morgan fingerprint density at radius 2 is 2.25 bits per heavy atom. The molecule has 0 spiro atoms. The average Bonchev–Trinajstić information content (AvgIpc) is 2.88. The third-order valence-electron chi connectivity index (χ3n) is 2.78. The molecule has 1 unspecified atom stereocenters. The van der Waals surface area contributed by atoms with Gasteiger partial charge in [-0.05, 0) is 18.2 Å². The predicted octanol–water partition coefficient (Wildman–Crippen LogP) is 1.36. The van der Waals surface area contributed by atoms with Gasteiger partial charge in [0.25, 0.3) is 0 Å². The number of sulfonamides is 1. The smallest absolute Gasteiger partial charge is 0.322 e. The number of aliphatic carboxylic acids is 1. The zero-order valence-corrected chi connectivity index (χ0v) is 12.4. The summed E-state index contributed by atoms with van der Waals surface area (Å²) >= 11 is 6.98. The molecule has 1 fully saturated rings. The fourth-order valence-electron chi connectivity index (χ4n) is 1.79. The van der Waals surface area contributed by atoms with Crippen molar-refractivity contribution in [3.8, 4) is 6.07 Å². The van der Waals surface area contributed by atoms with Crippen LogP contribution < -0.4 is 0 Å². The number of carboxylic acid groups (broad SMARTS) is 1. The maximum atomic E-state index is 12.5. The SMILES string of the molecule is N#Cc1ccc(Cl)cc1S(=O)(=O)N1CSCC1C(=O)O. The Hall–Kier alpha value is -1.27. The molecule has 1 aliphatic heterocycles. The number of nitrogens with zero attached hydrogens (tertiary/aromatic N) is 2. The highest BCUT2D eigenvalue weighted by Gasteiger charge is 2.41. The minimum Gasteiger partial charge on any atom is -0.480 e. The minimum absolute atomic E-state index is 0.0384. The van der Waals surface area contributed by atoms with Crippen LogP contribution in [0.5, 0.6) is 0 Å². The fourth-order valence-corrected chi connectivity index (χ4v) is 5.33. The molecule has 20 heavy (non-hydrogen) atoms. The molecule has 0 aliphatic carbocycles. The van der Waals surface area contributed by atoms with Crippen molar-refractivity contribution in [1.82, 2.24) is 4.31 Å². The normalized spacial score (nSPS) is 19.7. The van der Waals surface area contributed by atoms with E-state index in [1.165, 1.54) is 23.9 Å². The molecular weight excluding hydrogens is 324 g/mol. The Balaban J connectivity index is 2.54. The molecule has 1 aromatic carbocycles. The van der Waals surface area contributed by atoms with Crippen molar-refractivity contribution in [3.05, 3.63) is 28.8 Å². The number of benzene rings is 1. The van der Waals surface area contributed by atoms with Crippen LogP contribution in [0, 0.1) is 11.3 Å². The second kappa shape index (κ2) is 5.61. The third-order valence-corrected chi connectivity index (χ3v) is 6.08. The van der Waals surface area contributed by atoms with Crippen LogP contribution in [0.1, 0.15) is 5.56 Å². The first-order valence-corrected chi connectivity index (χ1v) is 8.37. The van der Waals surface area contributed by atoms with E-state index in [0.29, 0.717) is 0 Å². The van der Waals surface area contributed by atoms with Crippen LogP contribution in [0.15, 0.2) is 23.1 Å². The summed E-state index contributed by atoms with van der Waals surface area (Å²) in [5, 5.41) is 18.2. The van der Waals surface area contributed by atoms with Crippen LogP contribution in [0.4, 0.5) is 0 Å². The quantitative estimate of drug-likeness (QED) is 0.897. The summed E-state index contributed by atoms with van der Waals surface area (Å²) in [4.78, 5) is 10.8. The molecule has 1 N–H and O–H groups in total. The van der Waals surface area contributed by atoms with E-state index in [4.69, 9.17) is 22.0 Å². The number of rotatable bonds is 3. The molecule has 106 valence electrons. The van der Waals surface area contributed by atoms with E-state index >= 15 is 0 Å². The zero-order chi connectivity index (χ0) is 14.9. The maximum Gasteiger partial charge on any atom is 0.322 e. The van der Waals surface area contributed by atoms with E-state index in [0.717, 1.165) is 10.4 Å². The van der Waals surface area contributed by atoms with Gasteiger partial charge in [-0.25, -0.2) is 8.42 Å². The van der Waals surface area contributed by atoms with Gasteiger partial charge < -0.3 is 5.11 Å². The van der Waals surface area contributed by atoms with Crippen LogP contribution in [0.2, 0.25) is 5.02 Å². The van der Waals surface area contributed by atoms with Gasteiger partial charge in [-0.15, -0.1) is 11.8 Å². The monoisotopic (exact) mass is 332 g/mol. The molecule has 9 heteroatoms. The summed E-state index contributed by atoms with van der Waals surface area (Å²) in [5.41, 5.74) is -0.0598. The van der Waals surface area contributed by atoms with E-state index in [9.17, 15) is 13.2 Å². The highest BCUT2D eigenvalue weighted by Crippen LogP contribution is 2.31. The standard InChI is InChI=1S/C11H9ClN2O4S2/c12-8-2-1-7(4-13)10(3-8)20(17,18)14-6-19-5-9(14)11(15)16/h1-3,9H,5-6H2,(H,15,16). The van der Waals surface area contributed by atoms with Crippen LogP contribution >= 0.6 is 23.4 Å². The van der Waals surface area contributed by atoms with Crippen LogP contribution in [-0.2, 0) is 14.8 Å². The number of hydrogen-bond donors (Lipinski definition) is 1. The van der Waals surface area contributed by atoms with Gasteiger partial charge in [0.15, 0.2) is 0 Å². The minimum atomic E-state index is -4.07. The number of nitriles is 1. The van der Waals surface area contributed by atoms with Gasteiger partial charge in [0.05, 0.1) is 11.4 Å². The Labute approximate surface area is 125 Å². The van der Waals surface area contributed by atoms with Crippen LogP contribution in [-0.4, -0.2) is 41.5 Å². The molecule has 1 atom stereocenters. The summed E-state index contributed by atoms with van der Waals surface area (Å²) in [5.74, 6) is -0.993. The van der Waals surface area contributed by atoms with E-state index < -0.39 is 22.0 Å². The lowest BCUT2D eigenvalue weighted by Crippen LogP contribution is -2.41. The molecule has 6 nitrogen and oxygen atoms in total. The molecule has 0 aromatic heterocycles. The lowest BCUT2D eigenvalue weighted by Gasteiger charge is -2.20. The van der Waals surface area contributed by atoms with Crippen LogP contribution in [0.3, 0.4) is 0 Å². The fraction of sp³-hybridized carbons (Fsp3) is 0.273. The third kappa shape index (κ3) is 2.62. The second-order valence-electron chi connectivity index (χ2n) is 4.00. The molecule has 0 saturated carbocycles. The molecule has 1 aromatic rings. The van der Waals surface area contributed by atoms with Gasteiger partial charge >= 0.3 is 5.97 Å². The van der Waals surface area contributed by atoms with Crippen molar-refractivity contribution in [2.75, 3.05) is 11.6 Å². The van der Waals surface area contributed by atoms with Gasteiger partial charge in [-0.2, -0.15) is 9.57 Å². The molecule has 0 radical (unpaired) electrons. The number of halogens is 1. The molecule has 1 heterocycles. The number of carboxylic acids is 1. The van der Waals surface area contributed by atoms with Crippen molar-refractivity contribution < 1.29 is 18.3 Å². The number of thioether (sulfide) groups is 1. The molecule has 2 rings (SSSR count). The second-order valence-corrected chi connectivity index (χ2v) is 7.29. The van der Waals surface area contributed by atoms with E-state index in [-0.39, 0.29) is 27.1 Å². The van der Waals surface area contributed by atoms with Crippen molar-refractivity contribution in [2.24, 2.45) is 0 Å². The van der Waals surface area contributed by atoms with Crippen molar-refractivity contribution in [3.63, 3.8) is 0 Å². The first-order chi connectivity index (χ1) is 9.37. The molecule has 0 bridgehead atoms. The van der Waals surface area contributed by atoms with Crippen molar-refractivity contribution in [1.29, 1.82) is 5.26 Å². The highest BCUT2D eigenvalue weighted by atomic mass is 35.5. The highest BCUT2D eigenvalue weighted by molar-refractivity contribution is 8.00. The summed E-state index contributed by atoms with van der Waals surface area (Å²) in [6, 6.07) is 4.52. The predicted molar refractivity (Wildman–Crippen MR) is 73.9 cm³/mol. The summed E-state index contributed by atoms with van der Waals surface area (Å²) in [6.07, 6.45) is 0. The maximum absolute atomic E-state index is 12.5. The van der Waals surface area contributed by atoms with Gasteiger partial charge in [-0.3, -0.25) is 4.79 Å². The van der Waals surface area contributed by atoms with E-state index in [2.05, 4.69) is 0 Å². The molecular formula is C11H9ClN2O4S2. The van der Waals surface area contributed by atoms with Gasteiger partial charge in [0, 0.05) is 10.8 Å². The van der Waals surface area contributed by atoms with Crippen molar-refractivity contribution >= 4 is 39.4 Å². The molecule has 1 saturated heterocycles. The summed E-state index contributed by atoms with van der Waals surface area (Å²) < 4.78 is 25.9. The zero-order valence-electron chi connectivity index (χ0n) is 9.98. The first kappa shape index (κ1) is 15.1. The Morgan fingerprint density at radius 3 is 2.85 bits per heavy atom. The van der Waals surface area contributed by atoms with Crippen LogP contribution in [0.25, 0.3) is 0 Å². The average molecular weight is 333 g/mol. The summed E-state index contributed by atoms with van der Waals surface area (Å²) in [7, 11) is -4.07. The van der Waals surface area contributed by atoms with Gasteiger partial charge in [0.2, 0.25) is 10.0 Å². The Bertz CT molecular complexity index is 699. The number of hydrogen-bond acceptors (Lipinski definition) is 5. The Morgan fingerprint density at radius 1 is 1.55 bits per heavy atom. The topological polar surface area (TPSA) is 98.5 Å². The molecule has 0 amide bonds.